The number of methoxy groups -OCH3 is 1. The van der Waals surface area contributed by atoms with Crippen molar-refractivity contribution >= 4 is 27.5 Å². The van der Waals surface area contributed by atoms with Crippen molar-refractivity contribution in [3.63, 3.8) is 0 Å². The maximum atomic E-state index is 12.6. The van der Waals surface area contributed by atoms with Crippen LogP contribution in [-0.2, 0) is 16.4 Å². The molecule has 32 heavy (non-hydrogen) atoms. The molecule has 1 aromatic heterocycles. The summed E-state index contributed by atoms with van der Waals surface area (Å²) in [4.78, 5) is 9.04. The number of nitrogens with zero attached hydrogens (tertiary/aromatic N) is 2. The van der Waals surface area contributed by atoms with E-state index in [1.165, 1.54) is 0 Å². The minimum absolute atomic E-state index is 0.189. The number of benzene rings is 2. The maximum absolute atomic E-state index is 12.6. The first kappa shape index (κ1) is 21.8. The van der Waals surface area contributed by atoms with Gasteiger partial charge in [0.15, 0.2) is 0 Å². The van der Waals surface area contributed by atoms with Gasteiger partial charge >= 0.3 is 0 Å². The standard InChI is InChI=1S/C22H25N5O4S/c1-15-13-21(26-17-3-5-18(30-2)6-4-17)27-22(25-15)23-10-11-24-32(28,29)19-7-8-20-16(14-19)9-12-31-20/h3-8,13-14,24H,9-12H2,1-2H3,(H2,23,25,26,27). The average molecular weight is 456 g/mol. The predicted molar refractivity (Wildman–Crippen MR) is 122 cm³/mol. The Morgan fingerprint density at radius 1 is 1.06 bits per heavy atom. The number of hydrogen-bond acceptors (Lipinski definition) is 8. The van der Waals surface area contributed by atoms with Crippen molar-refractivity contribution in [3.8, 4) is 11.5 Å². The van der Waals surface area contributed by atoms with Gasteiger partial charge in [-0.15, -0.1) is 0 Å². The van der Waals surface area contributed by atoms with E-state index in [1.807, 2.05) is 37.3 Å². The fourth-order valence-electron chi connectivity index (χ4n) is 3.31. The summed E-state index contributed by atoms with van der Waals surface area (Å²) >= 11 is 0. The smallest absolute Gasteiger partial charge is 0.240 e. The van der Waals surface area contributed by atoms with Crippen molar-refractivity contribution in [1.82, 2.24) is 14.7 Å². The number of anilines is 3. The zero-order valence-electron chi connectivity index (χ0n) is 17.9. The lowest BCUT2D eigenvalue weighted by Gasteiger charge is -2.11. The second-order valence-corrected chi connectivity index (χ2v) is 9.03. The molecule has 0 fully saturated rings. The fourth-order valence-corrected chi connectivity index (χ4v) is 4.39. The van der Waals surface area contributed by atoms with Crippen molar-refractivity contribution in [2.45, 2.75) is 18.2 Å². The van der Waals surface area contributed by atoms with Gasteiger partial charge in [-0.2, -0.15) is 4.98 Å². The van der Waals surface area contributed by atoms with E-state index in [1.54, 1.807) is 25.3 Å². The highest BCUT2D eigenvalue weighted by Gasteiger charge is 2.18. The minimum Gasteiger partial charge on any atom is -0.497 e. The van der Waals surface area contributed by atoms with Gasteiger partial charge in [-0.3, -0.25) is 0 Å². The van der Waals surface area contributed by atoms with Gasteiger partial charge in [-0.1, -0.05) is 0 Å². The normalized spacial score (nSPS) is 12.7. The van der Waals surface area contributed by atoms with Crippen molar-refractivity contribution in [3.05, 3.63) is 59.8 Å². The number of rotatable bonds is 9. The van der Waals surface area contributed by atoms with Crippen LogP contribution in [0.3, 0.4) is 0 Å². The number of sulfonamides is 1. The van der Waals surface area contributed by atoms with E-state index in [0.717, 1.165) is 34.9 Å². The van der Waals surface area contributed by atoms with Gasteiger partial charge in [0.1, 0.15) is 17.3 Å². The molecule has 168 valence electrons. The Bertz CT molecular complexity index is 1200. The van der Waals surface area contributed by atoms with Gasteiger partial charge in [-0.05, 0) is 55.0 Å². The second kappa shape index (κ2) is 9.41. The third kappa shape index (κ3) is 5.27. The number of nitrogens with one attached hydrogen (secondary N) is 3. The van der Waals surface area contributed by atoms with E-state index in [-0.39, 0.29) is 11.4 Å². The van der Waals surface area contributed by atoms with Crippen molar-refractivity contribution in [2.24, 2.45) is 0 Å². The fraction of sp³-hybridized carbons (Fsp3) is 0.273. The lowest BCUT2D eigenvalue weighted by Crippen LogP contribution is -2.29. The molecular formula is C22H25N5O4S. The first-order chi connectivity index (χ1) is 15.4. The topological polar surface area (TPSA) is 114 Å². The molecule has 10 heteroatoms. The predicted octanol–water partition coefficient (Wildman–Crippen LogP) is 2.86. The van der Waals surface area contributed by atoms with E-state index in [2.05, 4.69) is 25.3 Å². The Labute approximate surface area is 187 Å². The summed E-state index contributed by atoms with van der Waals surface area (Å²) in [5, 5.41) is 6.29. The lowest BCUT2D eigenvalue weighted by atomic mass is 10.2. The molecule has 0 amide bonds. The third-order valence-electron chi connectivity index (χ3n) is 4.89. The van der Waals surface area contributed by atoms with Crippen LogP contribution in [0.1, 0.15) is 11.3 Å². The summed E-state index contributed by atoms with van der Waals surface area (Å²) in [6.07, 6.45) is 0.720. The maximum Gasteiger partial charge on any atom is 0.240 e. The minimum atomic E-state index is -3.61. The van der Waals surface area contributed by atoms with Gasteiger partial charge in [0.05, 0.1) is 18.6 Å². The number of ether oxygens (including phenoxy) is 2. The monoisotopic (exact) mass is 455 g/mol. The SMILES string of the molecule is COc1ccc(Nc2cc(C)nc(NCCNS(=O)(=O)c3ccc4c(c3)CCO4)n2)cc1. The van der Waals surface area contributed by atoms with E-state index in [0.29, 0.717) is 24.9 Å². The lowest BCUT2D eigenvalue weighted by molar-refractivity contribution is 0.356. The van der Waals surface area contributed by atoms with Crippen LogP contribution in [0.25, 0.3) is 0 Å². The van der Waals surface area contributed by atoms with E-state index in [9.17, 15) is 8.42 Å². The van der Waals surface area contributed by atoms with Crippen LogP contribution in [0, 0.1) is 6.92 Å². The Morgan fingerprint density at radius 3 is 2.66 bits per heavy atom. The second-order valence-electron chi connectivity index (χ2n) is 7.26. The molecule has 2 heterocycles. The Balaban J connectivity index is 1.33. The summed E-state index contributed by atoms with van der Waals surface area (Å²) in [5.74, 6) is 2.56. The number of hydrogen-bond donors (Lipinski definition) is 3. The summed E-state index contributed by atoms with van der Waals surface area (Å²) < 4.78 is 38.3. The zero-order chi connectivity index (χ0) is 22.6. The quantitative estimate of drug-likeness (QED) is 0.422. The van der Waals surface area contributed by atoms with Crippen LogP contribution >= 0.6 is 0 Å². The number of aryl methyl sites for hydroxylation is 1. The van der Waals surface area contributed by atoms with Gasteiger partial charge in [0.2, 0.25) is 16.0 Å². The highest BCUT2D eigenvalue weighted by molar-refractivity contribution is 7.89. The molecule has 1 aliphatic heterocycles. The highest BCUT2D eigenvalue weighted by atomic mass is 32.2. The molecule has 3 N–H and O–H groups in total. The molecular weight excluding hydrogens is 430 g/mol. The highest BCUT2D eigenvalue weighted by Crippen LogP contribution is 2.27. The van der Waals surface area contributed by atoms with Gasteiger partial charge in [-0.25, -0.2) is 18.1 Å². The summed E-state index contributed by atoms with van der Waals surface area (Å²) in [6, 6.07) is 14.3. The van der Waals surface area contributed by atoms with E-state index >= 15 is 0 Å². The number of aromatic nitrogens is 2. The first-order valence-corrected chi connectivity index (χ1v) is 11.7. The van der Waals surface area contributed by atoms with Gasteiger partial charge < -0.3 is 20.1 Å². The molecule has 1 aliphatic rings. The Hall–Kier alpha value is -3.37. The molecule has 4 rings (SSSR count). The van der Waals surface area contributed by atoms with Crippen LogP contribution in [0.15, 0.2) is 53.4 Å². The molecule has 2 aromatic carbocycles. The van der Waals surface area contributed by atoms with Gasteiger partial charge in [0.25, 0.3) is 0 Å². The molecule has 0 bridgehead atoms. The molecule has 3 aromatic rings. The summed E-state index contributed by atoms with van der Waals surface area (Å²) in [6.45, 7) is 2.97. The molecule has 0 saturated heterocycles. The van der Waals surface area contributed by atoms with Crippen LogP contribution < -0.4 is 24.8 Å². The van der Waals surface area contributed by atoms with Gasteiger partial charge in [0, 0.05) is 37.0 Å². The Morgan fingerprint density at radius 2 is 1.88 bits per heavy atom. The molecule has 0 atom stereocenters. The molecule has 0 radical (unpaired) electrons. The average Bonchev–Trinajstić information content (AvgIpc) is 3.25. The van der Waals surface area contributed by atoms with Crippen molar-refractivity contribution in [1.29, 1.82) is 0 Å². The van der Waals surface area contributed by atoms with E-state index in [4.69, 9.17) is 9.47 Å². The first-order valence-electron chi connectivity index (χ1n) is 10.2. The van der Waals surface area contributed by atoms with Crippen molar-refractivity contribution in [2.75, 3.05) is 37.4 Å². The Kier molecular flexibility index (Phi) is 6.42. The molecule has 0 unspecified atom stereocenters. The van der Waals surface area contributed by atoms with E-state index < -0.39 is 10.0 Å². The molecule has 0 spiro atoms. The molecule has 9 nitrogen and oxygen atoms in total. The summed E-state index contributed by atoms with van der Waals surface area (Å²) in [5.41, 5.74) is 2.55. The van der Waals surface area contributed by atoms with Crippen molar-refractivity contribution < 1.29 is 17.9 Å². The number of fused-ring (bicyclic) bond motifs is 1. The molecule has 0 saturated carbocycles. The largest absolute Gasteiger partial charge is 0.497 e. The molecule has 0 aliphatic carbocycles. The summed E-state index contributed by atoms with van der Waals surface area (Å²) in [7, 11) is -1.99. The van der Waals surface area contributed by atoms with Crippen LogP contribution in [0.5, 0.6) is 11.5 Å². The van der Waals surface area contributed by atoms with Crippen LogP contribution in [-0.4, -0.2) is 45.2 Å². The van der Waals surface area contributed by atoms with Crippen LogP contribution in [0.4, 0.5) is 17.5 Å². The zero-order valence-corrected chi connectivity index (χ0v) is 18.7. The third-order valence-corrected chi connectivity index (χ3v) is 6.35. The van der Waals surface area contributed by atoms with Crippen LogP contribution in [0.2, 0.25) is 0 Å².